The molecule has 3 rings (SSSR count). The Hall–Kier alpha value is -1.83. The van der Waals surface area contributed by atoms with E-state index in [4.69, 9.17) is 5.73 Å². The molecule has 0 bridgehead atoms. The summed E-state index contributed by atoms with van der Waals surface area (Å²) in [6.45, 7) is 0.356. The van der Waals surface area contributed by atoms with E-state index in [2.05, 4.69) is 25.3 Å². The molecule has 1 amide bonds. The largest absolute Gasteiger partial charge is 0.506 e. The fraction of sp³-hybridized carbons (Fsp3) is 0.0714. The van der Waals surface area contributed by atoms with Gasteiger partial charge in [-0.05, 0) is 57.3 Å². The maximum atomic E-state index is 11.9. The van der Waals surface area contributed by atoms with Crippen LogP contribution < -0.4 is 11.1 Å². The second-order valence-electron chi connectivity index (χ2n) is 4.77. The van der Waals surface area contributed by atoms with Gasteiger partial charge in [-0.25, -0.2) is 9.98 Å². The van der Waals surface area contributed by atoms with Crippen LogP contribution in [-0.2, 0) is 4.79 Å². The lowest BCUT2D eigenvalue weighted by Crippen LogP contribution is -2.24. The van der Waals surface area contributed by atoms with E-state index in [1.165, 1.54) is 6.34 Å². The van der Waals surface area contributed by atoms with Gasteiger partial charge in [0.25, 0.3) is 5.91 Å². The van der Waals surface area contributed by atoms with E-state index in [9.17, 15) is 9.90 Å². The quantitative estimate of drug-likeness (QED) is 0.300. The number of aliphatic imine (C=N–C) groups is 4. The molecule has 0 fully saturated rings. The zero-order valence-corrected chi connectivity index (χ0v) is 16.3. The zero-order valence-electron chi connectivity index (χ0n) is 12.0. The number of fused-ring (bicyclic) bond motifs is 1. The lowest BCUT2D eigenvalue weighted by atomic mass is 10.1. The summed E-state index contributed by atoms with van der Waals surface area (Å²) < 4.78 is 1.45. The number of hydrogen-bond acceptors (Lipinski definition) is 6. The van der Waals surface area contributed by atoms with E-state index in [1.54, 1.807) is 18.3 Å². The van der Waals surface area contributed by atoms with Crippen LogP contribution >= 0.6 is 45.2 Å². The standard InChI is InChI=1S/C14H10I2N6O2/c15-8-1-7(2-9(16)11(8)23)20-5-18-3-6-4-19-12-10(6)13(24)22-14(17)21-12/h1-2,4-5,23H,3H2,(H,18,20)(H2,17,22,24). The first kappa shape index (κ1) is 17.0. The molecule has 4 N–H and O–H groups in total. The molecule has 0 spiro atoms. The molecule has 8 nitrogen and oxygen atoms in total. The highest BCUT2D eigenvalue weighted by Gasteiger charge is 2.27. The second kappa shape index (κ2) is 6.96. The molecule has 2 heterocycles. The smallest absolute Gasteiger partial charge is 0.284 e. The van der Waals surface area contributed by atoms with Crippen LogP contribution in [0.3, 0.4) is 0 Å². The number of amides is 1. The minimum absolute atomic E-state index is 0.0804. The van der Waals surface area contributed by atoms with Gasteiger partial charge in [0, 0.05) is 18.3 Å². The first-order valence-electron chi connectivity index (χ1n) is 6.64. The number of nitrogens with two attached hydrogens (primary N) is 1. The van der Waals surface area contributed by atoms with Crippen molar-refractivity contribution in [2.75, 3.05) is 6.54 Å². The van der Waals surface area contributed by atoms with Gasteiger partial charge in [-0.3, -0.25) is 4.79 Å². The second-order valence-corrected chi connectivity index (χ2v) is 7.09. The SMILES string of the molecule is NC1=NC(=O)C2=C(CNC=Nc3cc(I)c(O)c(I)c3)C=NC2=N1. The molecule has 122 valence electrons. The van der Waals surface area contributed by atoms with E-state index in [1.807, 2.05) is 45.2 Å². The highest BCUT2D eigenvalue weighted by atomic mass is 127. The molecule has 1 aromatic rings. The Morgan fingerprint density at radius 3 is 2.71 bits per heavy atom. The molecular formula is C14H10I2N6O2. The number of phenols is 1. The Kier molecular flexibility index (Phi) is 4.93. The van der Waals surface area contributed by atoms with Crippen molar-refractivity contribution in [3.05, 3.63) is 30.4 Å². The number of benzene rings is 1. The number of nitrogens with zero attached hydrogens (tertiary/aromatic N) is 4. The maximum absolute atomic E-state index is 11.9. The van der Waals surface area contributed by atoms with Crippen molar-refractivity contribution in [1.82, 2.24) is 5.32 Å². The predicted octanol–water partition coefficient (Wildman–Crippen LogP) is 1.49. The molecule has 0 atom stereocenters. The van der Waals surface area contributed by atoms with Crippen molar-refractivity contribution >= 4 is 81.1 Å². The third-order valence-corrected chi connectivity index (χ3v) is 4.78. The van der Waals surface area contributed by atoms with E-state index >= 15 is 0 Å². The van der Waals surface area contributed by atoms with Gasteiger partial charge in [0.15, 0.2) is 5.84 Å². The topological polar surface area (TPSA) is 125 Å². The van der Waals surface area contributed by atoms with Crippen molar-refractivity contribution in [2.45, 2.75) is 0 Å². The van der Waals surface area contributed by atoms with Crippen molar-refractivity contribution < 1.29 is 9.90 Å². The van der Waals surface area contributed by atoms with E-state index in [0.29, 0.717) is 29.2 Å². The Balaban J connectivity index is 1.68. The van der Waals surface area contributed by atoms with Crippen LogP contribution in [0.25, 0.3) is 0 Å². The molecule has 2 aliphatic heterocycles. The number of rotatable bonds is 4. The molecule has 0 aromatic heterocycles. The Morgan fingerprint density at radius 1 is 1.29 bits per heavy atom. The number of nitrogens with one attached hydrogen (secondary N) is 1. The molecule has 2 aliphatic rings. The van der Waals surface area contributed by atoms with Crippen molar-refractivity contribution in [3.63, 3.8) is 0 Å². The van der Waals surface area contributed by atoms with E-state index in [0.717, 1.165) is 7.14 Å². The Labute approximate surface area is 164 Å². The Morgan fingerprint density at radius 2 is 2.00 bits per heavy atom. The van der Waals surface area contributed by atoms with Gasteiger partial charge < -0.3 is 16.2 Å². The number of carbonyl (C=O) groups excluding carboxylic acids is 1. The van der Waals surface area contributed by atoms with Crippen LogP contribution in [0.4, 0.5) is 5.69 Å². The lowest BCUT2D eigenvalue weighted by molar-refractivity contribution is -0.113. The average molecular weight is 548 g/mol. The summed E-state index contributed by atoms with van der Waals surface area (Å²) in [7, 11) is 0. The lowest BCUT2D eigenvalue weighted by Gasteiger charge is -2.07. The minimum atomic E-state index is -0.439. The molecule has 0 aliphatic carbocycles. The van der Waals surface area contributed by atoms with E-state index in [-0.39, 0.29) is 11.7 Å². The summed E-state index contributed by atoms with van der Waals surface area (Å²) in [6.07, 6.45) is 3.09. The third-order valence-electron chi connectivity index (χ3n) is 3.14. The van der Waals surface area contributed by atoms with Crippen LogP contribution in [0.1, 0.15) is 0 Å². The maximum Gasteiger partial charge on any atom is 0.284 e. The summed E-state index contributed by atoms with van der Waals surface area (Å²) >= 11 is 4.09. The van der Waals surface area contributed by atoms with Crippen molar-refractivity contribution in [1.29, 1.82) is 0 Å². The fourth-order valence-corrected chi connectivity index (χ4v) is 3.79. The molecule has 24 heavy (non-hydrogen) atoms. The number of aromatic hydroxyl groups is 1. The predicted molar refractivity (Wildman–Crippen MR) is 109 cm³/mol. The molecule has 1 aromatic carbocycles. The third kappa shape index (κ3) is 3.48. The van der Waals surface area contributed by atoms with Crippen LogP contribution in [-0.4, -0.2) is 41.9 Å². The summed E-state index contributed by atoms with van der Waals surface area (Å²) in [5.41, 5.74) is 7.18. The summed E-state index contributed by atoms with van der Waals surface area (Å²) in [4.78, 5) is 27.8. The monoisotopic (exact) mass is 548 g/mol. The molecular weight excluding hydrogens is 538 g/mol. The highest BCUT2D eigenvalue weighted by molar-refractivity contribution is 14.1. The first-order chi connectivity index (χ1) is 11.5. The normalized spacial score (nSPS) is 16.5. The number of amidine groups is 1. The summed E-state index contributed by atoms with van der Waals surface area (Å²) in [5, 5.41) is 12.7. The van der Waals surface area contributed by atoms with Gasteiger partial charge >= 0.3 is 0 Å². The summed E-state index contributed by atoms with van der Waals surface area (Å²) in [5.74, 6) is 0.0261. The minimum Gasteiger partial charge on any atom is -0.506 e. The zero-order chi connectivity index (χ0) is 17.3. The molecule has 0 unspecified atom stereocenters. The Bertz CT molecular complexity index is 862. The number of hydrogen-bond donors (Lipinski definition) is 3. The van der Waals surface area contributed by atoms with E-state index < -0.39 is 5.91 Å². The average Bonchev–Trinajstić information content (AvgIpc) is 2.92. The number of guanidine groups is 1. The van der Waals surface area contributed by atoms with Gasteiger partial charge in [0.1, 0.15) is 5.75 Å². The molecule has 0 radical (unpaired) electrons. The number of halogens is 2. The number of carbonyl (C=O) groups is 1. The molecule has 10 heteroatoms. The fourth-order valence-electron chi connectivity index (χ4n) is 2.06. The molecule has 0 saturated heterocycles. The van der Waals surface area contributed by atoms with Gasteiger partial charge in [0.2, 0.25) is 5.96 Å². The van der Waals surface area contributed by atoms with Crippen LogP contribution in [0, 0.1) is 7.14 Å². The van der Waals surface area contributed by atoms with Gasteiger partial charge in [-0.2, -0.15) is 9.98 Å². The summed E-state index contributed by atoms with van der Waals surface area (Å²) in [6, 6.07) is 3.53. The van der Waals surface area contributed by atoms with Crippen LogP contribution in [0.5, 0.6) is 5.75 Å². The van der Waals surface area contributed by atoms with Gasteiger partial charge in [0.05, 0.1) is 24.7 Å². The molecule has 0 saturated carbocycles. The first-order valence-corrected chi connectivity index (χ1v) is 8.80. The highest BCUT2D eigenvalue weighted by Crippen LogP contribution is 2.30. The van der Waals surface area contributed by atoms with Crippen molar-refractivity contribution in [2.24, 2.45) is 25.7 Å². The van der Waals surface area contributed by atoms with Gasteiger partial charge in [-0.15, -0.1) is 0 Å². The van der Waals surface area contributed by atoms with Crippen LogP contribution in [0.15, 0.2) is 43.2 Å². The van der Waals surface area contributed by atoms with Gasteiger partial charge in [-0.1, -0.05) is 0 Å². The number of phenolic OH excluding ortho intramolecular Hbond substituents is 1. The van der Waals surface area contributed by atoms with Crippen LogP contribution in [0.2, 0.25) is 0 Å². The van der Waals surface area contributed by atoms with Crippen molar-refractivity contribution in [3.8, 4) is 5.75 Å².